The molecule has 4 aliphatic rings. The summed E-state index contributed by atoms with van der Waals surface area (Å²) >= 11 is 5.73. The van der Waals surface area contributed by atoms with Crippen molar-refractivity contribution >= 4 is 39.5 Å². The number of piperidine rings is 1. The maximum atomic E-state index is 5.73. The number of halogens is 1. The topological polar surface area (TPSA) is 92.9 Å². The van der Waals surface area contributed by atoms with Crippen LogP contribution in [0.3, 0.4) is 0 Å². The molecule has 6 aromatic rings. The Kier molecular flexibility index (Phi) is 10.2. The Balaban J connectivity index is 0.000000129. The van der Waals surface area contributed by atoms with Gasteiger partial charge in [-0.3, -0.25) is 9.80 Å². The van der Waals surface area contributed by atoms with E-state index in [1.165, 1.54) is 75.5 Å². The summed E-state index contributed by atoms with van der Waals surface area (Å²) in [5.74, 6) is 1.08. The van der Waals surface area contributed by atoms with Crippen LogP contribution in [0.4, 0.5) is 5.82 Å². The number of fused-ring (bicyclic) bond motifs is 2. The minimum absolute atomic E-state index is 0. The van der Waals surface area contributed by atoms with Crippen molar-refractivity contribution in [1.82, 2.24) is 39.7 Å². The number of likely N-dealkylation sites (tertiary alicyclic amines) is 1. The van der Waals surface area contributed by atoms with Crippen LogP contribution in [0.5, 0.6) is 0 Å². The fourth-order valence-corrected chi connectivity index (χ4v) is 7.92. The van der Waals surface area contributed by atoms with E-state index in [1.807, 2.05) is 12.3 Å². The number of nitrogens with one attached hydrogen (secondary N) is 2. The molecule has 0 bridgehead atoms. The zero-order chi connectivity index (χ0) is 33.1. The van der Waals surface area contributed by atoms with Gasteiger partial charge in [0.25, 0.3) is 0 Å². The number of aromatic nitrogens is 6. The van der Waals surface area contributed by atoms with Crippen molar-refractivity contribution < 1.29 is 0 Å². The molecule has 0 unspecified atom stereocenters. The van der Waals surface area contributed by atoms with Crippen molar-refractivity contribution in [3.63, 3.8) is 0 Å². The van der Waals surface area contributed by atoms with Crippen LogP contribution in [0.25, 0.3) is 22.1 Å². The molecule has 0 radical (unpaired) electrons. The van der Waals surface area contributed by atoms with Crippen LogP contribution in [0.2, 0.25) is 5.15 Å². The molecule has 4 aromatic heterocycles. The second-order valence-corrected chi connectivity index (χ2v) is 14.3. The number of rotatable bonds is 5. The van der Waals surface area contributed by atoms with Crippen molar-refractivity contribution in [3.8, 4) is 0 Å². The third kappa shape index (κ3) is 7.41. The highest BCUT2D eigenvalue weighted by Crippen LogP contribution is 2.49. The largest absolute Gasteiger partial charge is 0.353 e. The predicted octanol–water partition coefficient (Wildman–Crippen LogP) is 8.27. The van der Waals surface area contributed by atoms with Gasteiger partial charge in [0.2, 0.25) is 0 Å². The molecule has 2 aliphatic heterocycles. The fourth-order valence-electron chi connectivity index (χ4n) is 7.73. The molecule has 50 heavy (non-hydrogen) atoms. The Morgan fingerprint density at radius 3 is 1.80 bits per heavy atom. The molecule has 10 heteroatoms. The van der Waals surface area contributed by atoms with Crippen LogP contribution in [0.15, 0.2) is 97.8 Å². The van der Waals surface area contributed by atoms with Gasteiger partial charge in [-0.05, 0) is 68.3 Å². The third-order valence-corrected chi connectivity index (χ3v) is 11.1. The molecule has 4 fully saturated rings. The average molecular weight is 690 g/mol. The smallest absolute Gasteiger partial charge is 0.142 e. The average Bonchev–Trinajstić information content (AvgIpc) is 3.96. The normalized spacial score (nSPS) is 18.9. The van der Waals surface area contributed by atoms with E-state index in [2.05, 4.69) is 111 Å². The Morgan fingerprint density at radius 2 is 1.18 bits per heavy atom. The second-order valence-electron chi connectivity index (χ2n) is 14.0. The molecule has 0 atom stereocenters. The first-order valence-electron chi connectivity index (χ1n) is 17.7. The lowest BCUT2D eigenvalue weighted by Crippen LogP contribution is -2.54. The minimum Gasteiger partial charge on any atom is -0.353 e. The molecular weight excluding hydrogens is 642 g/mol. The molecule has 9 nitrogen and oxygen atoms in total. The maximum Gasteiger partial charge on any atom is 0.142 e. The van der Waals surface area contributed by atoms with Gasteiger partial charge in [0.05, 0.1) is 10.8 Å². The van der Waals surface area contributed by atoms with Gasteiger partial charge < -0.3 is 14.9 Å². The van der Waals surface area contributed by atoms with E-state index in [0.717, 1.165) is 54.1 Å². The van der Waals surface area contributed by atoms with Crippen LogP contribution in [0.1, 0.15) is 63.5 Å². The molecule has 2 aromatic carbocycles. The van der Waals surface area contributed by atoms with Gasteiger partial charge in [0, 0.05) is 56.2 Å². The van der Waals surface area contributed by atoms with Gasteiger partial charge in [0.1, 0.15) is 34.9 Å². The zero-order valence-corrected chi connectivity index (χ0v) is 28.7. The molecule has 2 aliphatic carbocycles. The molecule has 2 N–H and O–H groups in total. The molecule has 2 saturated heterocycles. The lowest BCUT2D eigenvalue weighted by atomic mass is 9.99. The summed E-state index contributed by atoms with van der Waals surface area (Å²) in [4.78, 5) is 30.6. The lowest BCUT2D eigenvalue weighted by molar-refractivity contribution is 0.121. The Bertz CT molecular complexity index is 1970. The van der Waals surface area contributed by atoms with E-state index in [-0.39, 0.29) is 7.43 Å². The zero-order valence-electron chi connectivity index (χ0n) is 27.9. The van der Waals surface area contributed by atoms with E-state index < -0.39 is 0 Å². The number of hydrogen-bond donors (Lipinski definition) is 2. The number of anilines is 1. The van der Waals surface area contributed by atoms with Crippen molar-refractivity contribution in [2.75, 3.05) is 31.1 Å². The SMILES string of the molecule is C.Clc1ncnc2[nH]ccc12.c1ccc(CN2CCCCC23CC3)cc1.c1ccc(CN2CCN(c3ncnc4[nH]ccc34)CC23CC3)cc1. The van der Waals surface area contributed by atoms with Crippen molar-refractivity contribution in [1.29, 1.82) is 0 Å². The molecule has 0 amide bonds. The highest BCUT2D eigenvalue weighted by atomic mass is 35.5. The summed E-state index contributed by atoms with van der Waals surface area (Å²) in [6.07, 6.45) is 16.6. The van der Waals surface area contributed by atoms with Crippen LogP contribution in [-0.2, 0) is 13.1 Å². The Labute approximate surface area is 300 Å². The summed E-state index contributed by atoms with van der Waals surface area (Å²) in [6, 6.07) is 25.7. The van der Waals surface area contributed by atoms with Crippen molar-refractivity contribution in [2.45, 2.75) is 76.5 Å². The summed E-state index contributed by atoms with van der Waals surface area (Å²) in [7, 11) is 0. The number of hydrogen-bond acceptors (Lipinski definition) is 7. The Morgan fingerprint density at radius 1 is 0.600 bits per heavy atom. The number of aromatic amines is 2. The van der Waals surface area contributed by atoms with Crippen LogP contribution in [0, 0.1) is 0 Å². The first-order chi connectivity index (χ1) is 24.1. The first-order valence-corrected chi connectivity index (χ1v) is 18.0. The predicted molar refractivity (Wildman–Crippen MR) is 203 cm³/mol. The molecule has 260 valence electrons. The number of H-pyrrole nitrogens is 2. The first kappa shape index (κ1) is 34.2. The minimum atomic E-state index is 0. The Hall–Kier alpha value is -4.31. The van der Waals surface area contributed by atoms with Crippen LogP contribution in [-0.4, -0.2) is 77.0 Å². The van der Waals surface area contributed by atoms with E-state index in [4.69, 9.17) is 11.6 Å². The number of nitrogens with zero attached hydrogens (tertiary/aromatic N) is 7. The number of piperazine rings is 1. The van der Waals surface area contributed by atoms with Gasteiger partial charge in [0.15, 0.2) is 0 Å². The van der Waals surface area contributed by atoms with Gasteiger partial charge in [-0.25, -0.2) is 19.9 Å². The molecule has 2 spiro atoms. The van der Waals surface area contributed by atoms with E-state index in [0.29, 0.717) is 16.2 Å². The molecular formula is C40H48ClN9. The highest BCUT2D eigenvalue weighted by molar-refractivity contribution is 6.33. The third-order valence-electron chi connectivity index (χ3n) is 10.8. The molecule has 2 saturated carbocycles. The van der Waals surface area contributed by atoms with Crippen LogP contribution < -0.4 is 4.90 Å². The number of benzene rings is 2. The summed E-state index contributed by atoms with van der Waals surface area (Å²) in [5.41, 5.74) is 5.56. The summed E-state index contributed by atoms with van der Waals surface area (Å²) < 4.78 is 0. The van der Waals surface area contributed by atoms with Gasteiger partial charge in [-0.1, -0.05) is 86.1 Å². The molecule has 10 rings (SSSR count). The van der Waals surface area contributed by atoms with Gasteiger partial charge in [-0.2, -0.15) is 0 Å². The lowest BCUT2D eigenvalue weighted by Gasteiger charge is -2.43. The highest BCUT2D eigenvalue weighted by Gasteiger charge is 2.51. The quantitative estimate of drug-likeness (QED) is 0.176. The monoisotopic (exact) mass is 689 g/mol. The summed E-state index contributed by atoms with van der Waals surface area (Å²) in [6.45, 7) is 6.71. The second kappa shape index (κ2) is 14.9. The van der Waals surface area contributed by atoms with Gasteiger partial charge >= 0.3 is 0 Å². The maximum absolute atomic E-state index is 5.73. The van der Waals surface area contributed by atoms with Gasteiger partial charge in [-0.15, -0.1) is 0 Å². The van der Waals surface area contributed by atoms with Crippen molar-refractivity contribution in [2.24, 2.45) is 0 Å². The standard InChI is InChI=1S/C19H21N5.C14H19N.C6H4ClN3.CH4/c1-2-4-15(5-3-1)12-24-11-10-23(13-19(24)7-8-19)18-16-6-9-20-17(16)21-14-22-18;1-2-6-13(7-3-1)12-15-11-5-4-8-14(15)9-10-14;7-5-4-1-2-8-6(4)10-3-9-5;/h1-6,9,14H,7-8,10-13H2,(H,20,21,22);1-3,6-7H,4-5,8-12H2;1-3H,(H,8,9,10);1H4. The molecule has 6 heterocycles. The van der Waals surface area contributed by atoms with E-state index in [9.17, 15) is 0 Å². The fraction of sp³-hybridized carbons (Fsp3) is 0.400. The van der Waals surface area contributed by atoms with E-state index >= 15 is 0 Å². The summed E-state index contributed by atoms with van der Waals surface area (Å²) in [5, 5.41) is 2.49. The van der Waals surface area contributed by atoms with Crippen molar-refractivity contribution in [3.05, 3.63) is 114 Å². The van der Waals surface area contributed by atoms with Crippen LogP contribution >= 0.6 is 11.6 Å². The van der Waals surface area contributed by atoms with E-state index in [1.54, 1.807) is 12.5 Å².